The van der Waals surface area contributed by atoms with Gasteiger partial charge in [0, 0.05) is 25.9 Å². The van der Waals surface area contributed by atoms with E-state index in [0.29, 0.717) is 12.3 Å². The molecular formula is C13H16N4O4. The number of carbonyl (C=O) groups excluding carboxylic acids is 1. The summed E-state index contributed by atoms with van der Waals surface area (Å²) in [7, 11) is 1.52. The first-order valence-electron chi connectivity index (χ1n) is 6.37. The number of nitrogens with zero attached hydrogens (tertiary/aromatic N) is 4. The van der Waals surface area contributed by atoms with Gasteiger partial charge >= 0.3 is 5.97 Å². The first-order valence-corrected chi connectivity index (χ1v) is 6.37. The van der Waals surface area contributed by atoms with Crippen molar-refractivity contribution in [2.45, 2.75) is 19.9 Å². The molecule has 0 aliphatic rings. The predicted octanol–water partition coefficient (Wildman–Crippen LogP) is 0.775. The molecule has 0 aliphatic heterocycles. The Labute approximate surface area is 120 Å². The Kier molecular flexibility index (Phi) is 4.36. The molecule has 112 valence electrons. The number of amides is 1. The van der Waals surface area contributed by atoms with Crippen molar-refractivity contribution in [3.05, 3.63) is 35.5 Å². The van der Waals surface area contributed by atoms with Gasteiger partial charge in [0.25, 0.3) is 5.91 Å². The number of carboxylic acid groups (broad SMARTS) is 1. The van der Waals surface area contributed by atoms with E-state index >= 15 is 0 Å². The Hall–Kier alpha value is -2.64. The molecule has 2 aromatic heterocycles. The van der Waals surface area contributed by atoms with E-state index in [4.69, 9.17) is 9.63 Å². The van der Waals surface area contributed by atoms with E-state index in [9.17, 15) is 9.59 Å². The zero-order valence-corrected chi connectivity index (χ0v) is 11.8. The highest BCUT2D eigenvalue weighted by atomic mass is 16.5. The van der Waals surface area contributed by atoms with E-state index in [0.717, 1.165) is 5.56 Å². The van der Waals surface area contributed by atoms with Crippen molar-refractivity contribution in [3.8, 4) is 0 Å². The van der Waals surface area contributed by atoms with E-state index in [1.165, 1.54) is 18.0 Å². The van der Waals surface area contributed by atoms with Gasteiger partial charge in [-0.15, -0.1) is 0 Å². The zero-order chi connectivity index (χ0) is 15.4. The lowest BCUT2D eigenvalue weighted by Crippen LogP contribution is -2.29. The van der Waals surface area contributed by atoms with Crippen LogP contribution in [0.25, 0.3) is 0 Å². The highest BCUT2D eigenvalue weighted by molar-refractivity contribution is 5.92. The van der Waals surface area contributed by atoms with Crippen molar-refractivity contribution in [1.29, 1.82) is 0 Å². The first-order chi connectivity index (χ1) is 9.95. The first kappa shape index (κ1) is 14.8. The number of aryl methyl sites for hydroxylation is 1. The molecule has 0 saturated heterocycles. The quantitative estimate of drug-likeness (QED) is 0.844. The number of aliphatic carboxylic acids is 1. The van der Waals surface area contributed by atoms with Gasteiger partial charge in [-0.2, -0.15) is 5.10 Å². The molecule has 2 rings (SSSR count). The van der Waals surface area contributed by atoms with Crippen LogP contribution in [-0.2, 0) is 11.3 Å². The molecule has 0 spiro atoms. The molecule has 0 atom stereocenters. The molecule has 0 unspecified atom stereocenters. The van der Waals surface area contributed by atoms with Crippen molar-refractivity contribution in [2.24, 2.45) is 0 Å². The summed E-state index contributed by atoms with van der Waals surface area (Å²) in [5.41, 5.74) is 1.18. The van der Waals surface area contributed by atoms with Crippen LogP contribution >= 0.6 is 0 Å². The van der Waals surface area contributed by atoms with Gasteiger partial charge in [-0.3, -0.25) is 14.3 Å². The maximum absolute atomic E-state index is 12.0. The lowest BCUT2D eigenvalue weighted by atomic mass is 10.3. The maximum Gasteiger partial charge on any atom is 0.305 e. The van der Waals surface area contributed by atoms with Crippen LogP contribution in [0.3, 0.4) is 0 Å². The number of hydrogen-bond donors (Lipinski definition) is 1. The predicted molar refractivity (Wildman–Crippen MR) is 71.8 cm³/mol. The topological polar surface area (TPSA) is 101 Å². The molecule has 0 bridgehead atoms. The number of carbonyl (C=O) groups is 2. The van der Waals surface area contributed by atoms with Crippen LogP contribution in [0.5, 0.6) is 0 Å². The highest BCUT2D eigenvalue weighted by Gasteiger charge is 2.17. The molecule has 0 fully saturated rings. The Bertz CT molecular complexity index is 646. The summed E-state index contributed by atoms with van der Waals surface area (Å²) in [4.78, 5) is 23.8. The molecule has 8 nitrogen and oxygen atoms in total. The third kappa shape index (κ3) is 3.91. The number of carboxylic acids is 1. The van der Waals surface area contributed by atoms with Crippen molar-refractivity contribution >= 4 is 11.9 Å². The average Bonchev–Trinajstić information content (AvgIpc) is 3.05. The van der Waals surface area contributed by atoms with Crippen LogP contribution < -0.4 is 0 Å². The minimum atomic E-state index is -0.954. The molecule has 0 aromatic carbocycles. The van der Waals surface area contributed by atoms with Crippen LogP contribution in [0.15, 0.2) is 23.0 Å². The van der Waals surface area contributed by atoms with Crippen molar-refractivity contribution in [3.63, 3.8) is 0 Å². The fourth-order valence-corrected chi connectivity index (χ4v) is 1.76. The van der Waals surface area contributed by atoms with Gasteiger partial charge in [-0.25, -0.2) is 0 Å². The van der Waals surface area contributed by atoms with Crippen LogP contribution in [0.4, 0.5) is 0 Å². The summed E-state index contributed by atoms with van der Waals surface area (Å²) < 4.78 is 6.78. The van der Waals surface area contributed by atoms with Gasteiger partial charge in [0.15, 0.2) is 11.5 Å². The number of aromatic nitrogens is 3. The van der Waals surface area contributed by atoms with E-state index in [-0.39, 0.29) is 24.6 Å². The van der Waals surface area contributed by atoms with Crippen molar-refractivity contribution < 1.29 is 19.2 Å². The third-order valence-corrected chi connectivity index (χ3v) is 2.87. The number of hydrogen-bond acceptors (Lipinski definition) is 5. The Morgan fingerprint density at radius 1 is 1.48 bits per heavy atom. The molecule has 2 heterocycles. The summed E-state index contributed by atoms with van der Waals surface area (Å²) in [6.45, 7) is 2.43. The molecule has 8 heteroatoms. The number of rotatable bonds is 6. The third-order valence-electron chi connectivity index (χ3n) is 2.87. The lowest BCUT2D eigenvalue weighted by molar-refractivity contribution is -0.137. The summed E-state index contributed by atoms with van der Waals surface area (Å²) >= 11 is 0. The summed E-state index contributed by atoms with van der Waals surface area (Å²) in [6, 6.07) is 1.54. The molecule has 0 radical (unpaired) electrons. The average molecular weight is 292 g/mol. The maximum atomic E-state index is 12.0. The molecule has 1 N–H and O–H groups in total. The second kappa shape index (κ2) is 6.21. The van der Waals surface area contributed by atoms with Crippen LogP contribution in [0, 0.1) is 6.92 Å². The van der Waals surface area contributed by atoms with E-state index in [1.54, 1.807) is 10.9 Å². The SMILES string of the molecule is Cc1cnn(Cc2cc(C(=O)N(C)CCC(=O)O)no2)c1. The largest absolute Gasteiger partial charge is 0.481 e. The molecule has 0 saturated carbocycles. The summed E-state index contributed by atoms with van der Waals surface area (Å²) in [5, 5.41) is 16.4. The second-order valence-electron chi connectivity index (χ2n) is 4.76. The normalized spacial score (nSPS) is 10.6. The smallest absolute Gasteiger partial charge is 0.305 e. The van der Waals surface area contributed by atoms with Gasteiger partial charge in [0.1, 0.15) is 6.54 Å². The van der Waals surface area contributed by atoms with E-state index in [1.807, 2.05) is 13.1 Å². The van der Waals surface area contributed by atoms with Gasteiger partial charge in [0.05, 0.1) is 12.6 Å². The van der Waals surface area contributed by atoms with Crippen LogP contribution in [0.2, 0.25) is 0 Å². The van der Waals surface area contributed by atoms with Crippen molar-refractivity contribution in [1.82, 2.24) is 19.8 Å². The fraction of sp³-hybridized carbons (Fsp3) is 0.385. The van der Waals surface area contributed by atoms with Crippen LogP contribution in [-0.4, -0.2) is 50.4 Å². The fourth-order valence-electron chi connectivity index (χ4n) is 1.76. The summed E-state index contributed by atoms with van der Waals surface area (Å²) in [6.07, 6.45) is 3.46. The van der Waals surface area contributed by atoms with Gasteiger partial charge in [-0.05, 0) is 12.5 Å². The molecule has 2 aromatic rings. The lowest BCUT2D eigenvalue weighted by Gasteiger charge is -2.13. The second-order valence-corrected chi connectivity index (χ2v) is 4.76. The minimum Gasteiger partial charge on any atom is -0.481 e. The van der Waals surface area contributed by atoms with Gasteiger partial charge in [-0.1, -0.05) is 5.16 Å². The molecule has 21 heavy (non-hydrogen) atoms. The standard InChI is InChI=1S/C13H16N4O4/c1-9-6-14-17(7-9)8-10-5-11(15-21-10)13(20)16(2)4-3-12(18)19/h5-7H,3-4,8H2,1-2H3,(H,18,19). The van der Waals surface area contributed by atoms with Gasteiger partial charge in [0.2, 0.25) is 0 Å². The Morgan fingerprint density at radius 2 is 2.24 bits per heavy atom. The highest BCUT2D eigenvalue weighted by Crippen LogP contribution is 2.08. The van der Waals surface area contributed by atoms with Crippen molar-refractivity contribution in [2.75, 3.05) is 13.6 Å². The Balaban J connectivity index is 1.98. The minimum absolute atomic E-state index is 0.112. The zero-order valence-electron chi connectivity index (χ0n) is 11.8. The Morgan fingerprint density at radius 3 is 2.86 bits per heavy atom. The van der Waals surface area contributed by atoms with E-state index in [2.05, 4.69) is 10.3 Å². The van der Waals surface area contributed by atoms with Crippen LogP contribution in [0.1, 0.15) is 28.2 Å². The summed E-state index contributed by atoms with van der Waals surface area (Å²) in [5.74, 6) is -0.819. The molecular weight excluding hydrogens is 276 g/mol. The molecule has 0 aliphatic carbocycles. The molecule has 1 amide bonds. The van der Waals surface area contributed by atoms with E-state index < -0.39 is 5.97 Å². The monoisotopic (exact) mass is 292 g/mol. The van der Waals surface area contributed by atoms with Gasteiger partial charge < -0.3 is 14.5 Å².